The van der Waals surface area contributed by atoms with Gasteiger partial charge in [-0.05, 0) is 47.9 Å². The molecule has 1 fully saturated rings. The second kappa shape index (κ2) is 7.45. The molecule has 6 nitrogen and oxygen atoms in total. The van der Waals surface area contributed by atoms with Crippen LogP contribution in [0, 0.1) is 0 Å². The Morgan fingerprint density at radius 3 is 2.15 bits per heavy atom. The van der Waals surface area contributed by atoms with Crippen LogP contribution in [-0.2, 0) is 16.0 Å². The number of urea groups is 1. The first-order chi connectivity index (χ1) is 12.9. The summed E-state index contributed by atoms with van der Waals surface area (Å²) in [5.41, 5.74) is 3.15. The highest BCUT2D eigenvalue weighted by atomic mass is 16.2. The quantitative estimate of drug-likeness (QED) is 0.670. The van der Waals surface area contributed by atoms with Gasteiger partial charge in [-0.1, -0.05) is 31.2 Å². The summed E-state index contributed by atoms with van der Waals surface area (Å²) in [5.74, 6) is -1.33. The molecule has 1 heterocycles. The summed E-state index contributed by atoms with van der Waals surface area (Å²) in [6.07, 6.45) is 2.35. The fourth-order valence-corrected chi connectivity index (χ4v) is 2.81. The van der Waals surface area contributed by atoms with Crippen molar-refractivity contribution in [3.8, 4) is 0 Å². The first-order valence-electron chi connectivity index (χ1n) is 8.68. The van der Waals surface area contributed by atoms with Gasteiger partial charge in [-0.3, -0.25) is 14.9 Å². The number of hydrogen-bond donors (Lipinski definition) is 1. The second-order valence-electron chi connectivity index (χ2n) is 6.46. The third kappa shape index (κ3) is 3.74. The molecule has 1 saturated heterocycles. The van der Waals surface area contributed by atoms with E-state index in [1.165, 1.54) is 6.08 Å². The molecule has 2 aromatic carbocycles. The van der Waals surface area contributed by atoms with Crippen LogP contribution in [0.4, 0.5) is 16.2 Å². The number of amides is 4. The predicted octanol–water partition coefficient (Wildman–Crippen LogP) is 2.98. The molecular formula is C21H21N3O3. The molecule has 0 unspecified atom stereocenters. The van der Waals surface area contributed by atoms with Crippen LogP contribution in [0.3, 0.4) is 0 Å². The monoisotopic (exact) mass is 363 g/mol. The summed E-state index contributed by atoms with van der Waals surface area (Å²) in [7, 11) is 3.86. The van der Waals surface area contributed by atoms with E-state index in [0.29, 0.717) is 11.3 Å². The smallest absolute Gasteiger partial charge is 0.335 e. The number of rotatable bonds is 4. The van der Waals surface area contributed by atoms with Gasteiger partial charge in [0.1, 0.15) is 5.57 Å². The SMILES string of the molecule is CCc1ccc(N2C(=O)NC(=O)C(=Cc3ccc(N(C)C)cc3)C2=O)cc1. The Morgan fingerprint density at radius 2 is 1.59 bits per heavy atom. The van der Waals surface area contributed by atoms with Crippen molar-refractivity contribution < 1.29 is 14.4 Å². The van der Waals surface area contributed by atoms with E-state index < -0.39 is 17.8 Å². The maximum absolute atomic E-state index is 12.8. The average molecular weight is 363 g/mol. The minimum atomic E-state index is -0.741. The first-order valence-corrected chi connectivity index (χ1v) is 8.68. The van der Waals surface area contributed by atoms with Crippen LogP contribution in [0.2, 0.25) is 0 Å². The van der Waals surface area contributed by atoms with Gasteiger partial charge in [0, 0.05) is 19.8 Å². The Bertz CT molecular complexity index is 913. The van der Waals surface area contributed by atoms with E-state index in [1.54, 1.807) is 12.1 Å². The van der Waals surface area contributed by atoms with Gasteiger partial charge in [0.05, 0.1) is 5.69 Å². The minimum absolute atomic E-state index is 0.0771. The molecule has 0 atom stereocenters. The maximum Gasteiger partial charge on any atom is 0.335 e. The number of carbonyl (C=O) groups is 3. The van der Waals surface area contributed by atoms with Gasteiger partial charge in [-0.15, -0.1) is 0 Å². The van der Waals surface area contributed by atoms with E-state index in [-0.39, 0.29) is 5.57 Å². The molecule has 0 aliphatic carbocycles. The van der Waals surface area contributed by atoms with E-state index >= 15 is 0 Å². The molecule has 0 saturated carbocycles. The molecule has 1 N–H and O–H groups in total. The standard InChI is InChI=1S/C21H21N3O3/c1-4-14-5-11-17(12-6-14)24-20(26)18(19(25)22-21(24)27)13-15-7-9-16(10-8-15)23(2)3/h5-13H,4H2,1-3H3,(H,22,25,27). The number of hydrogen-bond acceptors (Lipinski definition) is 4. The summed E-state index contributed by atoms with van der Waals surface area (Å²) in [6, 6.07) is 13.8. The van der Waals surface area contributed by atoms with Crippen molar-refractivity contribution in [1.82, 2.24) is 5.32 Å². The molecule has 0 aromatic heterocycles. The lowest BCUT2D eigenvalue weighted by Crippen LogP contribution is -2.54. The van der Waals surface area contributed by atoms with Crippen molar-refractivity contribution in [3.05, 3.63) is 65.2 Å². The summed E-state index contributed by atoms with van der Waals surface area (Å²) in [5, 5.41) is 2.24. The van der Waals surface area contributed by atoms with Gasteiger partial charge < -0.3 is 4.90 Å². The summed E-state index contributed by atoms with van der Waals surface area (Å²) in [6.45, 7) is 2.02. The van der Waals surface area contributed by atoms with Crippen molar-refractivity contribution in [2.24, 2.45) is 0 Å². The zero-order chi connectivity index (χ0) is 19.6. The molecule has 1 aliphatic heterocycles. The molecule has 27 heavy (non-hydrogen) atoms. The lowest BCUT2D eigenvalue weighted by molar-refractivity contribution is -0.122. The van der Waals surface area contributed by atoms with Gasteiger partial charge >= 0.3 is 6.03 Å². The van der Waals surface area contributed by atoms with Gasteiger partial charge in [0.25, 0.3) is 11.8 Å². The lowest BCUT2D eigenvalue weighted by atomic mass is 10.1. The lowest BCUT2D eigenvalue weighted by Gasteiger charge is -2.26. The molecule has 1 aliphatic rings. The number of nitrogens with zero attached hydrogens (tertiary/aromatic N) is 2. The number of benzene rings is 2. The first kappa shape index (κ1) is 18.4. The molecule has 138 valence electrons. The molecule has 6 heteroatoms. The van der Waals surface area contributed by atoms with Crippen molar-refractivity contribution in [1.29, 1.82) is 0 Å². The van der Waals surface area contributed by atoms with Crippen LogP contribution in [0.5, 0.6) is 0 Å². The highest BCUT2D eigenvalue weighted by Crippen LogP contribution is 2.23. The average Bonchev–Trinajstić information content (AvgIpc) is 2.66. The Hall–Kier alpha value is -3.41. The summed E-state index contributed by atoms with van der Waals surface area (Å²) < 4.78 is 0. The van der Waals surface area contributed by atoms with Crippen LogP contribution in [0.1, 0.15) is 18.1 Å². The maximum atomic E-state index is 12.8. The van der Waals surface area contributed by atoms with Crippen molar-refractivity contribution >= 4 is 35.3 Å². The fraction of sp³-hybridized carbons (Fsp3) is 0.190. The second-order valence-corrected chi connectivity index (χ2v) is 6.46. The van der Waals surface area contributed by atoms with Crippen molar-refractivity contribution in [2.75, 3.05) is 23.9 Å². The Kier molecular flexibility index (Phi) is 5.07. The van der Waals surface area contributed by atoms with Gasteiger partial charge in [-0.25, -0.2) is 9.69 Å². The van der Waals surface area contributed by atoms with Crippen molar-refractivity contribution in [2.45, 2.75) is 13.3 Å². The summed E-state index contributed by atoms with van der Waals surface area (Å²) in [4.78, 5) is 40.2. The van der Waals surface area contributed by atoms with Gasteiger partial charge in [-0.2, -0.15) is 0 Å². The topological polar surface area (TPSA) is 69.7 Å². The normalized spacial score (nSPS) is 15.9. The van der Waals surface area contributed by atoms with Crippen molar-refractivity contribution in [3.63, 3.8) is 0 Å². The van der Waals surface area contributed by atoms with Crippen LogP contribution in [0.15, 0.2) is 54.1 Å². The fourth-order valence-electron chi connectivity index (χ4n) is 2.81. The third-order valence-corrected chi connectivity index (χ3v) is 4.42. The van der Waals surface area contributed by atoms with E-state index in [9.17, 15) is 14.4 Å². The number of nitrogens with one attached hydrogen (secondary N) is 1. The predicted molar refractivity (Wildman–Crippen MR) is 106 cm³/mol. The molecule has 4 amide bonds. The number of barbiturate groups is 1. The minimum Gasteiger partial charge on any atom is -0.378 e. The van der Waals surface area contributed by atoms with E-state index in [0.717, 1.165) is 22.6 Å². The summed E-state index contributed by atoms with van der Waals surface area (Å²) >= 11 is 0. The zero-order valence-corrected chi connectivity index (χ0v) is 15.5. The van der Waals surface area contributed by atoms with E-state index in [2.05, 4.69) is 5.32 Å². The highest BCUT2D eigenvalue weighted by molar-refractivity contribution is 6.39. The van der Waals surface area contributed by atoms with Crippen LogP contribution < -0.4 is 15.1 Å². The molecule has 2 aromatic rings. The Labute approximate surface area is 158 Å². The van der Waals surface area contributed by atoms with E-state index in [4.69, 9.17) is 0 Å². The van der Waals surface area contributed by atoms with Gasteiger partial charge in [0.2, 0.25) is 0 Å². The van der Waals surface area contributed by atoms with Crippen LogP contribution in [0.25, 0.3) is 6.08 Å². The number of imide groups is 2. The molecular weight excluding hydrogens is 342 g/mol. The highest BCUT2D eigenvalue weighted by Gasteiger charge is 2.36. The number of aryl methyl sites for hydroxylation is 1. The molecule has 0 radical (unpaired) electrons. The van der Waals surface area contributed by atoms with Crippen LogP contribution in [-0.4, -0.2) is 31.9 Å². The zero-order valence-electron chi connectivity index (χ0n) is 15.5. The Morgan fingerprint density at radius 1 is 0.963 bits per heavy atom. The molecule has 0 bridgehead atoms. The molecule has 0 spiro atoms. The largest absolute Gasteiger partial charge is 0.378 e. The van der Waals surface area contributed by atoms with E-state index in [1.807, 2.05) is 62.3 Å². The van der Waals surface area contributed by atoms with Crippen LogP contribution >= 0.6 is 0 Å². The third-order valence-electron chi connectivity index (χ3n) is 4.42. The number of anilines is 2. The number of carbonyl (C=O) groups excluding carboxylic acids is 3. The molecule has 3 rings (SSSR count). The Balaban J connectivity index is 1.93. The van der Waals surface area contributed by atoms with Gasteiger partial charge in [0.15, 0.2) is 0 Å².